The number of benzene rings is 2. The topological polar surface area (TPSA) is 157 Å². The Morgan fingerprint density at radius 3 is 2.43 bits per heavy atom. The lowest BCUT2D eigenvalue weighted by atomic mass is 9.98. The summed E-state index contributed by atoms with van der Waals surface area (Å²) in [7, 11) is -2.43. The molecule has 0 aliphatic rings. The maximum atomic E-state index is 12.8. The fraction of sp³-hybridized carbons (Fsp3) is 0.194. The second-order valence-electron chi connectivity index (χ2n) is 11.0. The first-order chi connectivity index (χ1) is 21.0. The van der Waals surface area contributed by atoms with Crippen LogP contribution >= 0.6 is 0 Å². The van der Waals surface area contributed by atoms with Crippen LogP contribution in [0.1, 0.15) is 19.4 Å². The maximum Gasteiger partial charge on any atom is 0.263 e. The van der Waals surface area contributed by atoms with Gasteiger partial charge in [-0.25, -0.2) is 13.4 Å². The van der Waals surface area contributed by atoms with Crippen molar-refractivity contribution in [2.45, 2.75) is 37.8 Å². The van der Waals surface area contributed by atoms with Crippen molar-refractivity contribution >= 4 is 49.0 Å². The summed E-state index contributed by atoms with van der Waals surface area (Å²) in [5.41, 5.74) is 3.50. The van der Waals surface area contributed by atoms with Crippen molar-refractivity contribution in [3.05, 3.63) is 84.8 Å². The zero-order chi connectivity index (χ0) is 31.1. The predicted octanol–water partition coefficient (Wildman–Crippen LogP) is 5.07. The quantitative estimate of drug-likeness (QED) is 0.202. The van der Waals surface area contributed by atoms with Gasteiger partial charge < -0.3 is 15.2 Å². The van der Waals surface area contributed by atoms with Crippen molar-refractivity contribution in [1.82, 2.24) is 29.9 Å². The minimum absolute atomic E-state index is 0.0652. The molecule has 12 nitrogen and oxygen atoms in total. The van der Waals surface area contributed by atoms with E-state index in [9.17, 15) is 13.5 Å². The number of aryl methyl sites for hydroxylation is 1. The number of fused-ring (bicyclic) bond motifs is 2. The van der Waals surface area contributed by atoms with Crippen molar-refractivity contribution in [1.29, 1.82) is 0 Å². The van der Waals surface area contributed by atoms with Crippen LogP contribution in [-0.2, 0) is 16.6 Å². The summed E-state index contributed by atoms with van der Waals surface area (Å²) in [4.78, 5) is 9.35. The number of nitrogens with zero attached hydrogens (tertiary/aromatic N) is 6. The molecule has 224 valence electrons. The zero-order valence-corrected chi connectivity index (χ0v) is 25.3. The highest BCUT2D eigenvalue weighted by atomic mass is 32.2. The van der Waals surface area contributed by atoms with E-state index in [-0.39, 0.29) is 16.6 Å². The smallest absolute Gasteiger partial charge is 0.263 e. The van der Waals surface area contributed by atoms with Gasteiger partial charge in [-0.1, -0.05) is 6.07 Å². The van der Waals surface area contributed by atoms with E-state index in [2.05, 4.69) is 30.3 Å². The van der Waals surface area contributed by atoms with E-state index >= 15 is 0 Å². The second kappa shape index (κ2) is 11.2. The summed E-state index contributed by atoms with van der Waals surface area (Å²) >= 11 is 0. The molecule has 0 unspecified atom stereocenters. The predicted molar refractivity (Wildman–Crippen MR) is 168 cm³/mol. The molecular formula is C31H30N8O4S. The molecule has 0 radical (unpaired) electrons. The van der Waals surface area contributed by atoms with Crippen LogP contribution in [0.25, 0.3) is 32.9 Å². The van der Waals surface area contributed by atoms with Crippen LogP contribution in [0.4, 0.5) is 17.3 Å². The number of pyridine rings is 2. The van der Waals surface area contributed by atoms with Gasteiger partial charge in [-0.2, -0.15) is 5.10 Å². The van der Waals surface area contributed by atoms with Crippen LogP contribution in [0.5, 0.6) is 5.88 Å². The third kappa shape index (κ3) is 5.87. The molecule has 0 saturated carbocycles. The van der Waals surface area contributed by atoms with Gasteiger partial charge in [-0.05, 0) is 74.9 Å². The average molecular weight is 611 g/mol. The number of anilines is 3. The molecule has 0 atom stereocenters. The third-order valence-corrected chi connectivity index (χ3v) is 8.43. The van der Waals surface area contributed by atoms with Crippen LogP contribution in [0, 0.1) is 6.92 Å². The van der Waals surface area contributed by atoms with E-state index in [1.807, 2.05) is 42.1 Å². The minimum atomic E-state index is -3.88. The molecule has 13 heteroatoms. The number of aromatic nitrogens is 6. The van der Waals surface area contributed by atoms with Gasteiger partial charge in [0.15, 0.2) is 5.82 Å². The Bertz CT molecular complexity index is 2090. The molecule has 0 spiro atoms. The Hall–Kier alpha value is -5.14. The molecule has 44 heavy (non-hydrogen) atoms. The van der Waals surface area contributed by atoms with Crippen molar-refractivity contribution in [3.8, 4) is 17.1 Å². The number of hydrogen-bond acceptors (Lipinski definition) is 10. The highest BCUT2D eigenvalue weighted by molar-refractivity contribution is 7.92. The molecule has 6 aromatic rings. The zero-order valence-electron chi connectivity index (χ0n) is 24.5. The first-order valence-corrected chi connectivity index (χ1v) is 15.2. The Kier molecular flexibility index (Phi) is 7.35. The molecule has 3 N–H and O–H groups in total. The number of methoxy groups -OCH3 is 1. The Labute approximate surface area is 253 Å². The fourth-order valence-electron chi connectivity index (χ4n) is 4.93. The van der Waals surface area contributed by atoms with Gasteiger partial charge in [0, 0.05) is 45.9 Å². The van der Waals surface area contributed by atoms with E-state index in [0.29, 0.717) is 18.1 Å². The number of aliphatic hydroxyl groups is 1. The Morgan fingerprint density at radius 2 is 1.73 bits per heavy atom. The fourth-order valence-corrected chi connectivity index (χ4v) is 5.93. The van der Waals surface area contributed by atoms with E-state index < -0.39 is 15.6 Å². The summed E-state index contributed by atoms with van der Waals surface area (Å²) in [6, 6.07) is 17.2. The number of hydrogen-bond donors (Lipinski definition) is 3. The monoisotopic (exact) mass is 610 g/mol. The van der Waals surface area contributed by atoms with Gasteiger partial charge in [0.2, 0.25) is 5.88 Å². The molecule has 0 bridgehead atoms. The van der Waals surface area contributed by atoms with E-state index in [0.717, 1.165) is 38.5 Å². The van der Waals surface area contributed by atoms with Crippen molar-refractivity contribution in [3.63, 3.8) is 0 Å². The van der Waals surface area contributed by atoms with Crippen molar-refractivity contribution in [2.24, 2.45) is 0 Å². The highest BCUT2D eigenvalue weighted by Gasteiger charge is 2.19. The Balaban J connectivity index is 1.26. The molecule has 6 rings (SSSR count). The van der Waals surface area contributed by atoms with Crippen LogP contribution in [0.15, 0.2) is 84.1 Å². The van der Waals surface area contributed by atoms with Gasteiger partial charge in [0.25, 0.3) is 10.0 Å². The molecule has 0 amide bonds. The molecule has 4 heterocycles. The average Bonchev–Trinajstić information content (AvgIpc) is 3.39. The largest absolute Gasteiger partial charge is 0.480 e. The van der Waals surface area contributed by atoms with Gasteiger partial charge >= 0.3 is 0 Å². The summed E-state index contributed by atoms with van der Waals surface area (Å²) in [5.74, 6) is 0.932. The lowest BCUT2D eigenvalue weighted by Crippen LogP contribution is -2.26. The lowest BCUT2D eigenvalue weighted by molar-refractivity contribution is 0.0591. The standard InChI is InChI=1S/C31H30N8O4S/c1-19-23(9-10-26-25(19)17-34-39(26)18-31(2,3)40)30-24-15-28(33-16-20(24)13-14-32-30)35-21-5-7-22(8-6-21)44(41,42)38-27-11-12-29(43-4)37-36-27/h5-17,40H,18H2,1-4H3,(H,33,35)(H,36,38). The molecule has 2 aromatic carbocycles. The molecule has 0 fully saturated rings. The first-order valence-electron chi connectivity index (χ1n) is 13.7. The first kappa shape index (κ1) is 29.0. The SMILES string of the molecule is COc1ccc(NS(=O)(=O)c2ccc(Nc3cc4c(-c5ccc6c(cnn6CC(C)(C)O)c5C)nccc4cn3)cc2)nn1. The van der Waals surface area contributed by atoms with Crippen LogP contribution in [-0.4, -0.2) is 56.2 Å². The summed E-state index contributed by atoms with van der Waals surface area (Å²) in [6.07, 6.45) is 5.36. The van der Waals surface area contributed by atoms with Gasteiger partial charge in [0.05, 0.1) is 41.6 Å². The molecule has 0 aliphatic heterocycles. The number of nitrogens with one attached hydrogen (secondary N) is 2. The van der Waals surface area contributed by atoms with E-state index in [1.165, 1.54) is 31.4 Å². The van der Waals surface area contributed by atoms with Gasteiger partial charge in [-0.3, -0.25) is 14.4 Å². The normalized spacial score (nSPS) is 12.0. The number of rotatable bonds is 9. The summed E-state index contributed by atoms with van der Waals surface area (Å²) in [6.45, 7) is 5.94. The molecule has 4 aromatic heterocycles. The molecular weight excluding hydrogens is 580 g/mol. The second-order valence-corrected chi connectivity index (χ2v) is 12.6. The van der Waals surface area contributed by atoms with Crippen LogP contribution < -0.4 is 14.8 Å². The summed E-state index contributed by atoms with van der Waals surface area (Å²) in [5, 5.41) is 28.5. The third-order valence-electron chi connectivity index (χ3n) is 7.06. The van der Waals surface area contributed by atoms with E-state index in [4.69, 9.17) is 9.72 Å². The number of ether oxygens (including phenoxy) is 1. The van der Waals surface area contributed by atoms with Gasteiger partial charge in [0.1, 0.15) is 5.82 Å². The molecule has 0 aliphatic carbocycles. The van der Waals surface area contributed by atoms with Crippen molar-refractivity contribution < 1.29 is 18.3 Å². The van der Waals surface area contributed by atoms with Crippen LogP contribution in [0.2, 0.25) is 0 Å². The van der Waals surface area contributed by atoms with Crippen molar-refractivity contribution in [2.75, 3.05) is 17.1 Å². The highest BCUT2D eigenvalue weighted by Crippen LogP contribution is 2.34. The summed E-state index contributed by atoms with van der Waals surface area (Å²) < 4.78 is 34.9. The Morgan fingerprint density at radius 1 is 0.932 bits per heavy atom. The lowest BCUT2D eigenvalue weighted by Gasteiger charge is -2.18. The number of sulfonamides is 1. The van der Waals surface area contributed by atoms with Gasteiger partial charge in [-0.15, -0.1) is 10.2 Å². The van der Waals surface area contributed by atoms with E-state index in [1.54, 1.807) is 38.4 Å². The van der Waals surface area contributed by atoms with Crippen LogP contribution in [0.3, 0.4) is 0 Å². The minimum Gasteiger partial charge on any atom is -0.480 e. The maximum absolute atomic E-state index is 12.8. The molecule has 0 saturated heterocycles.